The van der Waals surface area contributed by atoms with Crippen LogP contribution in [0.3, 0.4) is 0 Å². The molecule has 2 rings (SSSR count). The maximum Gasteiger partial charge on any atom is 0.133 e. The number of halogens is 1. The summed E-state index contributed by atoms with van der Waals surface area (Å²) < 4.78 is 1.04. The summed E-state index contributed by atoms with van der Waals surface area (Å²) in [5.74, 6) is 0. The maximum atomic E-state index is 8.83. The van der Waals surface area contributed by atoms with Crippen molar-refractivity contribution in [2.45, 2.75) is 12.8 Å². The minimum Gasteiger partial charge on any atom is -0.192 e. The molecule has 0 aromatic heterocycles. The van der Waals surface area contributed by atoms with E-state index in [-0.39, 0.29) is 5.57 Å². The third-order valence-electron chi connectivity index (χ3n) is 2.56. The highest BCUT2D eigenvalue weighted by Crippen LogP contribution is 2.35. The standard InChI is InChI=1S/C12H7BrN2/c13-10-2-4-11-8(5-10)1-3-12(11)9(6-14)7-15/h2,4-5H,1,3H2. The van der Waals surface area contributed by atoms with Crippen LogP contribution in [-0.4, -0.2) is 0 Å². The molecule has 0 saturated heterocycles. The highest BCUT2D eigenvalue weighted by Gasteiger charge is 2.19. The van der Waals surface area contributed by atoms with Gasteiger partial charge in [-0.15, -0.1) is 0 Å². The molecular weight excluding hydrogens is 252 g/mol. The van der Waals surface area contributed by atoms with Gasteiger partial charge in [0.1, 0.15) is 17.7 Å². The number of aryl methyl sites for hydroxylation is 1. The van der Waals surface area contributed by atoms with Crippen LogP contribution < -0.4 is 0 Å². The number of allylic oxidation sites excluding steroid dienone is 2. The van der Waals surface area contributed by atoms with Crippen molar-refractivity contribution < 1.29 is 0 Å². The molecule has 1 aliphatic rings. The molecular formula is C12H7BrN2. The van der Waals surface area contributed by atoms with Crippen LogP contribution in [-0.2, 0) is 6.42 Å². The fraction of sp³-hybridized carbons (Fsp3) is 0.167. The average molecular weight is 259 g/mol. The van der Waals surface area contributed by atoms with Gasteiger partial charge in [0.25, 0.3) is 0 Å². The van der Waals surface area contributed by atoms with Crippen molar-refractivity contribution in [3.05, 3.63) is 39.4 Å². The molecule has 0 saturated carbocycles. The molecule has 0 bridgehead atoms. The Morgan fingerprint density at radius 2 is 1.93 bits per heavy atom. The summed E-state index contributed by atoms with van der Waals surface area (Å²) in [6, 6.07) is 9.87. The number of nitriles is 2. The summed E-state index contributed by atoms with van der Waals surface area (Å²) >= 11 is 3.41. The highest BCUT2D eigenvalue weighted by molar-refractivity contribution is 9.10. The summed E-state index contributed by atoms with van der Waals surface area (Å²) in [6.07, 6.45) is 1.71. The molecule has 0 aliphatic heterocycles. The third kappa shape index (κ3) is 1.67. The molecule has 1 aromatic rings. The Labute approximate surface area is 96.6 Å². The first-order valence-corrected chi connectivity index (χ1v) is 5.37. The van der Waals surface area contributed by atoms with E-state index < -0.39 is 0 Å². The van der Waals surface area contributed by atoms with Gasteiger partial charge < -0.3 is 0 Å². The van der Waals surface area contributed by atoms with Crippen molar-refractivity contribution in [2.75, 3.05) is 0 Å². The fourth-order valence-corrected chi connectivity index (χ4v) is 2.29. The Morgan fingerprint density at radius 3 is 2.60 bits per heavy atom. The van der Waals surface area contributed by atoms with E-state index in [1.807, 2.05) is 24.3 Å². The van der Waals surface area contributed by atoms with E-state index in [1.165, 1.54) is 5.56 Å². The van der Waals surface area contributed by atoms with Crippen LogP contribution in [0.15, 0.2) is 28.2 Å². The van der Waals surface area contributed by atoms with Crippen LogP contribution in [0.1, 0.15) is 17.5 Å². The Hall–Kier alpha value is -1.58. The molecule has 0 heterocycles. The monoisotopic (exact) mass is 258 g/mol. The molecule has 0 radical (unpaired) electrons. The number of benzene rings is 1. The molecule has 72 valence electrons. The lowest BCUT2D eigenvalue weighted by Crippen LogP contribution is -1.84. The molecule has 3 heteroatoms. The van der Waals surface area contributed by atoms with Crippen LogP contribution in [0.5, 0.6) is 0 Å². The lowest BCUT2D eigenvalue weighted by atomic mass is 10.0. The summed E-state index contributed by atoms with van der Waals surface area (Å²) in [4.78, 5) is 0. The Morgan fingerprint density at radius 1 is 1.20 bits per heavy atom. The number of nitrogens with zero attached hydrogens (tertiary/aromatic N) is 2. The van der Waals surface area contributed by atoms with Gasteiger partial charge in [-0.05, 0) is 41.7 Å². The zero-order valence-corrected chi connectivity index (χ0v) is 9.50. The van der Waals surface area contributed by atoms with Gasteiger partial charge in [-0.25, -0.2) is 0 Å². The number of hydrogen-bond acceptors (Lipinski definition) is 2. The third-order valence-corrected chi connectivity index (χ3v) is 3.06. The van der Waals surface area contributed by atoms with Crippen LogP contribution in [0.25, 0.3) is 5.57 Å². The molecule has 1 aliphatic carbocycles. The topological polar surface area (TPSA) is 47.6 Å². The van der Waals surface area contributed by atoms with Gasteiger partial charge in [0.05, 0.1) is 0 Å². The van der Waals surface area contributed by atoms with E-state index in [0.717, 1.165) is 28.5 Å². The van der Waals surface area contributed by atoms with Gasteiger partial charge in [0, 0.05) is 4.47 Å². The highest BCUT2D eigenvalue weighted by atomic mass is 79.9. The van der Waals surface area contributed by atoms with E-state index in [2.05, 4.69) is 22.0 Å². The molecule has 0 fully saturated rings. The van der Waals surface area contributed by atoms with Crippen LogP contribution in [0.2, 0.25) is 0 Å². The van der Waals surface area contributed by atoms with Crippen molar-refractivity contribution in [3.63, 3.8) is 0 Å². The Balaban J connectivity index is 2.61. The second-order valence-electron chi connectivity index (χ2n) is 3.38. The molecule has 0 unspecified atom stereocenters. The lowest BCUT2D eigenvalue weighted by Gasteiger charge is -2.00. The summed E-state index contributed by atoms with van der Waals surface area (Å²) in [7, 11) is 0. The summed E-state index contributed by atoms with van der Waals surface area (Å²) in [6.45, 7) is 0. The van der Waals surface area contributed by atoms with E-state index in [4.69, 9.17) is 10.5 Å². The Bertz CT molecular complexity index is 514. The van der Waals surface area contributed by atoms with Crippen molar-refractivity contribution in [1.82, 2.24) is 0 Å². The van der Waals surface area contributed by atoms with Gasteiger partial charge >= 0.3 is 0 Å². The number of rotatable bonds is 0. The SMILES string of the molecule is N#CC(C#N)=C1CCc2cc(Br)ccc21. The van der Waals surface area contributed by atoms with E-state index in [1.54, 1.807) is 0 Å². The largest absolute Gasteiger partial charge is 0.192 e. The van der Waals surface area contributed by atoms with E-state index in [0.29, 0.717) is 0 Å². The molecule has 0 amide bonds. The molecule has 0 N–H and O–H groups in total. The second-order valence-corrected chi connectivity index (χ2v) is 4.29. The molecule has 0 spiro atoms. The first-order chi connectivity index (χ1) is 7.26. The predicted molar refractivity (Wildman–Crippen MR) is 60.6 cm³/mol. The first kappa shape index (κ1) is 9.96. The summed E-state index contributed by atoms with van der Waals surface area (Å²) in [5.41, 5.74) is 3.40. The minimum atomic E-state index is 0.246. The fourth-order valence-electron chi connectivity index (χ4n) is 1.88. The Kier molecular flexibility index (Phi) is 2.58. The molecule has 1 aromatic carbocycles. The average Bonchev–Trinajstić information content (AvgIpc) is 2.63. The number of fused-ring (bicyclic) bond motifs is 1. The van der Waals surface area contributed by atoms with Gasteiger partial charge in [-0.3, -0.25) is 0 Å². The van der Waals surface area contributed by atoms with Gasteiger partial charge in [0.2, 0.25) is 0 Å². The second kappa shape index (κ2) is 3.88. The van der Waals surface area contributed by atoms with Crippen LogP contribution >= 0.6 is 15.9 Å². The van der Waals surface area contributed by atoms with Crippen molar-refractivity contribution in [3.8, 4) is 12.1 Å². The normalized spacial score (nSPS) is 12.9. The molecule has 0 atom stereocenters. The van der Waals surface area contributed by atoms with Gasteiger partial charge in [-0.1, -0.05) is 22.0 Å². The van der Waals surface area contributed by atoms with Crippen molar-refractivity contribution in [1.29, 1.82) is 10.5 Å². The van der Waals surface area contributed by atoms with E-state index in [9.17, 15) is 0 Å². The van der Waals surface area contributed by atoms with E-state index >= 15 is 0 Å². The molecule has 2 nitrogen and oxygen atoms in total. The minimum absolute atomic E-state index is 0.246. The molecule has 15 heavy (non-hydrogen) atoms. The van der Waals surface area contributed by atoms with Crippen LogP contribution in [0, 0.1) is 22.7 Å². The van der Waals surface area contributed by atoms with Crippen molar-refractivity contribution >= 4 is 21.5 Å². The van der Waals surface area contributed by atoms with Gasteiger partial charge in [-0.2, -0.15) is 10.5 Å². The smallest absolute Gasteiger partial charge is 0.133 e. The quantitative estimate of drug-likeness (QED) is 0.671. The van der Waals surface area contributed by atoms with Crippen molar-refractivity contribution in [2.24, 2.45) is 0 Å². The summed E-state index contributed by atoms with van der Waals surface area (Å²) in [5, 5.41) is 17.7. The lowest BCUT2D eigenvalue weighted by molar-refractivity contribution is 1.08. The zero-order valence-electron chi connectivity index (χ0n) is 7.92. The maximum absolute atomic E-state index is 8.83. The first-order valence-electron chi connectivity index (χ1n) is 4.58. The number of hydrogen-bond donors (Lipinski definition) is 0. The van der Waals surface area contributed by atoms with Gasteiger partial charge in [0.15, 0.2) is 0 Å². The zero-order chi connectivity index (χ0) is 10.8. The van der Waals surface area contributed by atoms with Crippen LogP contribution in [0.4, 0.5) is 0 Å². The predicted octanol–water partition coefficient (Wildman–Crippen LogP) is 3.20.